The van der Waals surface area contributed by atoms with Gasteiger partial charge in [-0.25, -0.2) is 4.68 Å². The first-order valence-corrected chi connectivity index (χ1v) is 9.45. The molecule has 2 heterocycles. The number of carbonyl (C=O) groups excluding carboxylic acids is 1. The molecule has 0 aliphatic rings. The van der Waals surface area contributed by atoms with Crippen molar-refractivity contribution in [2.45, 2.75) is 19.9 Å². The molecule has 8 heteroatoms. The number of rotatable bonds is 4. The number of hydrogen-bond donors (Lipinski definition) is 1. The fraction of sp³-hybridized carbons (Fsp3) is 0.150. The predicted octanol–water partition coefficient (Wildman–Crippen LogP) is 3.42. The van der Waals surface area contributed by atoms with Crippen LogP contribution < -0.4 is 10.9 Å². The van der Waals surface area contributed by atoms with Gasteiger partial charge in [0.05, 0.1) is 23.1 Å². The molecule has 0 fully saturated rings. The van der Waals surface area contributed by atoms with E-state index in [4.69, 9.17) is 0 Å². The van der Waals surface area contributed by atoms with Crippen LogP contribution >= 0.6 is 11.7 Å². The Bertz CT molecular complexity index is 1210. The lowest BCUT2D eigenvalue weighted by Crippen LogP contribution is -2.33. The highest BCUT2D eigenvalue weighted by atomic mass is 32.1. The number of hydrogen-bond acceptors (Lipinski definition) is 6. The van der Waals surface area contributed by atoms with Crippen LogP contribution in [-0.2, 0) is 4.79 Å². The smallest absolute Gasteiger partial charge is 0.267 e. The normalized spacial score (nSPS) is 12.1. The van der Waals surface area contributed by atoms with Gasteiger partial charge >= 0.3 is 0 Å². The Labute approximate surface area is 165 Å². The zero-order valence-electron chi connectivity index (χ0n) is 15.3. The lowest BCUT2D eigenvalue weighted by atomic mass is 10.1. The Kier molecular flexibility index (Phi) is 4.70. The third kappa shape index (κ3) is 3.41. The van der Waals surface area contributed by atoms with Crippen LogP contribution in [-0.4, -0.2) is 24.4 Å². The van der Waals surface area contributed by atoms with Crippen molar-refractivity contribution in [3.8, 4) is 11.3 Å². The molecule has 0 saturated carbocycles. The zero-order chi connectivity index (χ0) is 19.7. The van der Waals surface area contributed by atoms with E-state index in [0.717, 1.165) is 22.9 Å². The topological polar surface area (TPSA) is 89.8 Å². The summed E-state index contributed by atoms with van der Waals surface area (Å²) < 4.78 is 9.58. The molecular weight excluding hydrogens is 374 g/mol. The van der Waals surface area contributed by atoms with Crippen LogP contribution in [0.3, 0.4) is 0 Å². The molecule has 1 atom stereocenters. The van der Waals surface area contributed by atoms with Crippen LogP contribution in [0.15, 0.2) is 59.4 Å². The Balaban J connectivity index is 1.63. The first-order chi connectivity index (χ1) is 13.5. The van der Waals surface area contributed by atoms with Crippen LogP contribution in [0, 0.1) is 6.92 Å². The van der Waals surface area contributed by atoms with Crippen molar-refractivity contribution in [3.63, 3.8) is 0 Å². The maximum absolute atomic E-state index is 12.8. The molecule has 28 heavy (non-hydrogen) atoms. The van der Waals surface area contributed by atoms with Gasteiger partial charge < -0.3 is 5.32 Å². The SMILES string of the molecule is Cc1ccc(-c2ccc(=O)n(C(C)C(=O)Nc3cccc4nsnc34)n2)cc1. The number of amides is 1. The minimum atomic E-state index is -0.792. The molecule has 4 rings (SSSR count). The van der Waals surface area contributed by atoms with Gasteiger partial charge in [-0.15, -0.1) is 0 Å². The highest BCUT2D eigenvalue weighted by molar-refractivity contribution is 7.00. The molecule has 1 unspecified atom stereocenters. The first-order valence-electron chi connectivity index (χ1n) is 8.72. The van der Waals surface area contributed by atoms with Crippen molar-refractivity contribution in [2.75, 3.05) is 5.32 Å². The fourth-order valence-electron chi connectivity index (χ4n) is 2.84. The molecule has 0 aliphatic heterocycles. The summed E-state index contributed by atoms with van der Waals surface area (Å²) in [5.74, 6) is -0.351. The monoisotopic (exact) mass is 391 g/mol. The largest absolute Gasteiger partial charge is 0.322 e. The Morgan fingerprint density at radius 2 is 1.86 bits per heavy atom. The summed E-state index contributed by atoms with van der Waals surface area (Å²) in [6, 6.07) is 15.5. The number of nitrogens with one attached hydrogen (secondary N) is 1. The van der Waals surface area contributed by atoms with Crippen LogP contribution in [0.4, 0.5) is 5.69 Å². The fourth-order valence-corrected chi connectivity index (χ4v) is 3.39. The van der Waals surface area contributed by atoms with Gasteiger partial charge in [-0.3, -0.25) is 9.59 Å². The summed E-state index contributed by atoms with van der Waals surface area (Å²) in [7, 11) is 0. The molecule has 7 nitrogen and oxygen atoms in total. The summed E-state index contributed by atoms with van der Waals surface area (Å²) in [6.07, 6.45) is 0. The van der Waals surface area contributed by atoms with Crippen molar-refractivity contribution in [2.24, 2.45) is 0 Å². The molecular formula is C20H17N5O2S. The lowest BCUT2D eigenvalue weighted by Gasteiger charge is -2.15. The molecule has 0 radical (unpaired) electrons. The van der Waals surface area contributed by atoms with E-state index in [9.17, 15) is 9.59 Å². The second kappa shape index (κ2) is 7.32. The van der Waals surface area contributed by atoms with Gasteiger partial charge in [0, 0.05) is 11.6 Å². The van der Waals surface area contributed by atoms with Crippen molar-refractivity contribution < 1.29 is 4.79 Å². The first kappa shape index (κ1) is 18.0. The van der Waals surface area contributed by atoms with E-state index >= 15 is 0 Å². The van der Waals surface area contributed by atoms with Gasteiger partial charge in [0.25, 0.3) is 5.56 Å². The average Bonchev–Trinajstić information content (AvgIpc) is 3.18. The predicted molar refractivity (Wildman–Crippen MR) is 109 cm³/mol. The molecule has 0 saturated heterocycles. The number of anilines is 1. The van der Waals surface area contributed by atoms with E-state index in [1.807, 2.05) is 37.3 Å². The zero-order valence-corrected chi connectivity index (χ0v) is 16.1. The number of carbonyl (C=O) groups is 1. The number of aromatic nitrogens is 4. The van der Waals surface area contributed by atoms with Crippen LogP contribution in [0.1, 0.15) is 18.5 Å². The molecule has 1 N–H and O–H groups in total. The van der Waals surface area contributed by atoms with E-state index in [-0.39, 0.29) is 11.5 Å². The molecule has 2 aromatic carbocycles. The Hall–Kier alpha value is -3.39. The molecule has 1 amide bonds. The van der Waals surface area contributed by atoms with E-state index in [1.165, 1.54) is 10.7 Å². The maximum atomic E-state index is 12.8. The van der Waals surface area contributed by atoms with Crippen molar-refractivity contribution in [1.29, 1.82) is 0 Å². The van der Waals surface area contributed by atoms with E-state index < -0.39 is 6.04 Å². The Morgan fingerprint density at radius 3 is 2.64 bits per heavy atom. The number of nitrogens with zero attached hydrogens (tertiary/aromatic N) is 4. The molecule has 2 aromatic heterocycles. The third-order valence-electron chi connectivity index (χ3n) is 4.46. The summed E-state index contributed by atoms with van der Waals surface area (Å²) >= 11 is 1.08. The molecule has 0 bridgehead atoms. The van der Waals surface area contributed by atoms with Gasteiger partial charge in [-0.2, -0.15) is 13.8 Å². The average molecular weight is 391 g/mol. The molecule has 0 spiro atoms. The number of fused-ring (bicyclic) bond motifs is 1. The lowest BCUT2D eigenvalue weighted by molar-refractivity contribution is -0.119. The van der Waals surface area contributed by atoms with Crippen molar-refractivity contribution >= 4 is 34.4 Å². The standard InChI is InChI=1S/C20H17N5O2S/c1-12-6-8-14(9-7-12)15-10-11-18(26)25(22-15)13(2)20(27)21-16-4-3-5-17-19(16)24-28-23-17/h3-11,13H,1-2H3,(H,21,27). The summed E-state index contributed by atoms with van der Waals surface area (Å²) in [6.45, 7) is 3.64. The van der Waals surface area contributed by atoms with Crippen molar-refractivity contribution in [3.05, 3.63) is 70.5 Å². The van der Waals surface area contributed by atoms with Gasteiger partial charge in [0.2, 0.25) is 5.91 Å². The van der Waals surface area contributed by atoms with E-state index in [0.29, 0.717) is 22.4 Å². The summed E-state index contributed by atoms with van der Waals surface area (Å²) in [5, 5.41) is 7.23. The minimum absolute atomic E-state index is 0.341. The van der Waals surface area contributed by atoms with Crippen molar-refractivity contribution in [1.82, 2.24) is 18.5 Å². The maximum Gasteiger partial charge on any atom is 0.267 e. The van der Waals surface area contributed by atoms with Gasteiger partial charge in [-0.1, -0.05) is 35.9 Å². The minimum Gasteiger partial charge on any atom is -0.322 e. The number of aryl methyl sites for hydroxylation is 1. The summed E-state index contributed by atoms with van der Waals surface area (Å²) in [4.78, 5) is 25.1. The highest BCUT2D eigenvalue weighted by Crippen LogP contribution is 2.22. The van der Waals surface area contributed by atoms with Gasteiger partial charge in [0.15, 0.2) is 0 Å². The van der Waals surface area contributed by atoms with Crippen LogP contribution in [0.2, 0.25) is 0 Å². The number of benzene rings is 2. The van der Waals surface area contributed by atoms with Gasteiger partial charge in [-0.05, 0) is 32.0 Å². The Morgan fingerprint density at radius 1 is 1.07 bits per heavy atom. The quantitative estimate of drug-likeness (QED) is 0.576. The van der Waals surface area contributed by atoms with Crippen LogP contribution in [0.25, 0.3) is 22.3 Å². The highest BCUT2D eigenvalue weighted by Gasteiger charge is 2.19. The van der Waals surface area contributed by atoms with E-state index in [1.54, 1.807) is 25.1 Å². The third-order valence-corrected chi connectivity index (χ3v) is 5.01. The molecule has 0 aliphatic carbocycles. The van der Waals surface area contributed by atoms with Gasteiger partial charge in [0.1, 0.15) is 17.1 Å². The summed E-state index contributed by atoms with van der Waals surface area (Å²) in [5.41, 5.74) is 4.21. The van der Waals surface area contributed by atoms with Crippen LogP contribution in [0.5, 0.6) is 0 Å². The molecule has 140 valence electrons. The van der Waals surface area contributed by atoms with E-state index in [2.05, 4.69) is 19.2 Å². The molecule has 4 aromatic rings. The second-order valence-electron chi connectivity index (χ2n) is 6.47. The second-order valence-corrected chi connectivity index (χ2v) is 7.00.